The summed E-state index contributed by atoms with van der Waals surface area (Å²) in [7, 11) is 1.58. The van der Waals surface area contributed by atoms with Gasteiger partial charge < -0.3 is 13.9 Å². The fourth-order valence-corrected chi connectivity index (χ4v) is 4.64. The van der Waals surface area contributed by atoms with E-state index >= 15 is 0 Å². The van der Waals surface area contributed by atoms with E-state index in [-0.39, 0.29) is 5.56 Å². The van der Waals surface area contributed by atoms with Gasteiger partial charge in [0.25, 0.3) is 5.56 Å². The number of ether oxygens (including phenoxy) is 2. The van der Waals surface area contributed by atoms with E-state index in [4.69, 9.17) is 18.9 Å². The third-order valence-corrected chi connectivity index (χ3v) is 6.69. The van der Waals surface area contributed by atoms with Crippen LogP contribution < -0.4 is 15.0 Å². The molecule has 0 aliphatic heterocycles. The molecular weight excluding hydrogens is 558 g/mol. The minimum Gasteiger partial charge on any atom is -0.493 e. The molecule has 0 aliphatic rings. The molecule has 0 radical (unpaired) electrons. The predicted octanol–water partition coefficient (Wildman–Crippen LogP) is 7.04. The number of nitrogens with zero attached hydrogens (tertiary/aromatic N) is 3. The van der Waals surface area contributed by atoms with Crippen LogP contribution in [-0.2, 0) is 6.61 Å². The molecule has 2 aromatic heterocycles. The highest BCUT2D eigenvalue weighted by atomic mass is 79.9. The van der Waals surface area contributed by atoms with Crippen LogP contribution in [0, 0.1) is 0 Å². The lowest BCUT2D eigenvalue weighted by Gasteiger charge is -2.11. The maximum Gasteiger partial charge on any atom is 0.282 e. The summed E-state index contributed by atoms with van der Waals surface area (Å²) < 4.78 is 19.8. The SMILES string of the molecule is COc1cc(C=Nn2c(-c3cc4cc(Br)ccc4o3)nc3ccccc3c2=O)ccc1OCc1ccccc1. The fourth-order valence-electron chi connectivity index (χ4n) is 4.26. The van der Waals surface area contributed by atoms with E-state index in [1.54, 1.807) is 31.5 Å². The smallest absolute Gasteiger partial charge is 0.282 e. The van der Waals surface area contributed by atoms with Crippen LogP contribution in [0.1, 0.15) is 11.1 Å². The Morgan fingerprint density at radius 3 is 2.62 bits per heavy atom. The number of furan rings is 1. The Kier molecular flexibility index (Phi) is 6.69. The Morgan fingerprint density at radius 1 is 0.949 bits per heavy atom. The Morgan fingerprint density at radius 2 is 1.77 bits per heavy atom. The molecule has 4 aromatic carbocycles. The lowest BCUT2D eigenvalue weighted by molar-refractivity contribution is 0.284. The van der Waals surface area contributed by atoms with Crippen molar-refractivity contribution in [1.82, 2.24) is 9.66 Å². The van der Waals surface area contributed by atoms with Crippen LogP contribution in [-0.4, -0.2) is 23.0 Å². The molecule has 0 saturated carbocycles. The number of halogens is 1. The van der Waals surface area contributed by atoms with Gasteiger partial charge in [0.15, 0.2) is 17.3 Å². The number of para-hydroxylation sites is 1. The van der Waals surface area contributed by atoms with Crippen LogP contribution in [0.15, 0.2) is 116 Å². The first-order valence-electron chi connectivity index (χ1n) is 12.2. The van der Waals surface area contributed by atoms with Gasteiger partial charge in [0, 0.05) is 9.86 Å². The number of hydrogen-bond acceptors (Lipinski definition) is 6. The van der Waals surface area contributed by atoms with Gasteiger partial charge in [-0.05, 0) is 65.7 Å². The molecular formula is C31H22BrN3O4. The largest absolute Gasteiger partial charge is 0.493 e. The molecule has 0 amide bonds. The van der Waals surface area contributed by atoms with Crippen molar-refractivity contribution in [2.24, 2.45) is 5.10 Å². The Hall–Kier alpha value is -4.69. The Balaban J connectivity index is 1.38. The van der Waals surface area contributed by atoms with Gasteiger partial charge in [0.1, 0.15) is 12.2 Å². The van der Waals surface area contributed by atoms with Gasteiger partial charge in [-0.3, -0.25) is 4.79 Å². The van der Waals surface area contributed by atoms with Crippen LogP contribution in [0.4, 0.5) is 0 Å². The van der Waals surface area contributed by atoms with Crippen molar-refractivity contribution < 1.29 is 13.9 Å². The number of benzene rings is 4. The third-order valence-electron chi connectivity index (χ3n) is 6.20. The van der Waals surface area contributed by atoms with Crippen molar-refractivity contribution >= 4 is 44.0 Å². The van der Waals surface area contributed by atoms with Crippen LogP contribution in [0.5, 0.6) is 11.5 Å². The first kappa shape index (κ1) is 24.6. The van der Waals surface area contributed by atoms with E-state index in [1.165, 1.54) is 4.68 Å². The second-order valence-corrected chi connectivity index (χ2v) is 9.71. The monoisotopic (exact) mass is 579 g/mol. The molecule has 0 bridgehead atoms. The third kappa shape index (κ3) is 5.06. The Bertz CT molecular complexity index is 1890. The molecule has 6 rings (SSSR count). The van der Waals surface area contributed by atoms with Crippen molar-refractivity contribution in [1.29, 1.82) is 0 Å². The molecule has 6 aromatic rings. The minimum absolute atomic E-state index is 0.303. The average molecular weight is 580 g/mol. The van der Waals surface area contributed by atoms with E-state index in [1.807, 2.05) is 78.9 Å². The molecule has 0 fully saturated rings. The van der Waals surface area contributed by atoms with E-state index in [9.17, 15) is 4.79 Å². The van der Waals surface area contributed by atoms with Gasteiger partial charge in [-0.2, -0.15) is 9.78 Å². The van der Waals surface area contributed by atoms with E-state index in [0.717, 1.165) is 21.0 Å². The van der Waals surface area contributed by atoms with Crippen LogP contribution in [0.3, 0.4) is 0 Å². The first-order chi connectivity index (χ1) is 19.1. The molecule has 192 valence electrons. The second kappa shape index (κ2) is 10.6. The predicted molar refractivity (Wildman–Crippen MR) is 156 cm³/mol. The molecule has 8 heteroatoms. The average Bonchev–Trinajstić information content (AvgIpc) is 3.39. The van der Waals surface area contributed by atoms with Gasteiger partial charge in [0.05, 0.1) is 24.2 Å². The highest BCUT2D eigenvalue weighted by molar-refractivity contribution is 9.10. The van der Waals surface area contributed by atoms with Gasteiger partial charge in [-0.15, -0.1) is 0 Å². The zero-order valence-electron chi connectivity index (χ0n) is 20.9. The summed E-state index contributed by atoms with van der Waals surface area (Å²) in [5.74, 6) is 1.90. The van der Waals surface area contributed by atoms with Crippen molar-refractivity contribution in [2.45, 2.75) is 6.61 Å². The van der Waals surface area contributed by atoms with E-state index in [2.05, 4.69) is 21.0 Å². The second-order valence-electron chi connectivity index (χ2n) is 8.79. The van der Waals surface area contributed by atoms with Gasteiger partial charge in [-0.25, -0.2) is 4.98 Å². The van der Waals surface area contributed by atoms with Crippen molar-refractivity contribution in [3.05, 3.63) is 123 Å². The fraction of sp³-hybridized carbons (Fsp3) is 0.0645. The topological polar surface area (TPSA) is 78.9 Å². The zero-order valence-corrected chi connectivity index (χ0v) is 22.5. The first-order valence-corrected chi connectivity index (χ1v) is 13.0. The normalized spacial score (nSPS) is 11.4. The summed E-state index contributed by atoms with van der Waals surface area (Å²) in [6, 6.07) is 30.1. The maximum atomic E-state index is 13.5. The molecule has 0 spiro atoms. The summed E-state index contributed by atoms with van der Waals surface area (Å²) >= 11 is 3.49. The highest BCUT2D eigenvalue weighted by Gasteiger charge is 2.17. The lowest BCUT2D eigenvalue weighted by atomic mass is 10.2. The van der Waals surface area contributed by atoms with Crippen LogP contribution >= 0.6 is 15.9 Å². The summed E-state index contributed by atoms with van der Waals surface area (Å²) in [6.45, 7) is 0.417. The molecule has 0 saturated heterocycles. The standard InChI is InChI=1S/C31H22BrN3O4/c1-37-28-15-21(11-13-27(28)38-19-20-7-3-2-4-8-20)18-33-35-30(34-25-10-6-5-9-24(25)31(35)36)29-17-22-16-23(32)12-14-26(22)39-29/h2-18H,19H2,1H3. The highest BCUT2D eigenvalue weighted by Crippen LogP contribution is 2.30. The van der Waals surface area contributed by atoms with Crippen molar-refractivity contribution in [3.63, 3.8) is 0 Å². The quantitative estimate of drug-likeness (QED) is 0.189. The van der Waals surface area contributed by atoms with Crippen molar-refractivity contribution in [3.8, 4) is 23.1 Å². The zero-order chi connectivity index (χ0) is 26.8. The summed E-state index contributed by atoms with van der Waals surface area (Å²) in [5.41, 5.74) is 2.72. The minimum atomic E-state index is -0.303. The number of rotatable bonds is 7. The molecule has 2 heterocycles. The number of methoxy groups -OCH3 is 1. The molecule has 0 atom stereocenters. The molecule has 7 nitrogen and oxygen atoms in total. The van der Waals surface area contributed by atoms with Gasteiger partial charge in [0.2, 0.25) is 5.82 Å². The maximum absolute atomic E-state index is 13.5. The summed E-state index contributed by atoms with van der Waals surface area (Å²) in [4.78, 5) is 18.3. The summed E-state index contributed by atoms with van der Waals surface area (Å²) in [5, 5.41) is 5.88. The lowest BCUT2D eigenvalue weighted by Crippen LogP contribution is -2.20. The number of aromatic nitrogens is 2. The van der Waals surface area contributed by atoms with Crippen LogP contribution in [0.2, 0.25) is 0 Å². The van der Waals surface area contributed by atoms with E-state index < -0.39 is 0 Å². The van der Waals surface area contributed by atoms with Gasteiger partial charge in [-0.1, -0.05) is 58.4 Å². The molecule has 0 aliphatic carbocycles. The molecule has 39 heavy (non-hydrogen) atoms. The Labute approximate surface area is 232 Å². The van der Waals surface area contributed by atoms with Crippen molar-refractivity contribution in [2.75, 3.05) is 7.11 Å². The molecule has 0 unspecified atom stereocenters. The van der Waals surface area contributed by atoms with Crippen LogP contribution in [0.25, 0.3) is 33.5 Å². The van der Waals surface area contributed by atoms with Gasteiger partial charge >= 0.3 is 0 Å². The number of hydrogen-bond donors (Lipinski definition) is 0. The summed E-state index contributed by atoms with van der Waals surface area (Å²) in [6.07, 6.45) is 1.59. The van der Waals surface area contributed by atoms with E-state index in [0.29, 0.717) is 46.2 Å². The number of fused-ring (bicyclic) bond motifs is 2. The molecule has 0 N–H and O–H groups in total.